The number of para-hydroxylation sites is 1. The lowest BCUT2D eigenvalue weighted by Gasteiger charge is -2.11. The van der Waals surface area contributed by atoms with Crippen molar-refractivity contribution < 1.29 is 4.39 Å². The highest BCUT2D eigenvalue weighted by molar-refractivity contribution is 5.82. The van der Waals surface area contributed by atoms with E-state index in [1.807, 2.05) is 19.1 Å². The van der Waals surface area contributed by atoms with Gasteiger partial charge in [-0.15, -0.1) is 0 Å². The third kappa shape index (κ3) is 2.85. The second-order valence-corrected chi connectivity index (χ2v) is 5.08. The lowest BCUT2D eigenvalue weighted by atomic mass is 10.1. The number of hydrogen-bond donors (Lipinski definition) is 1. The van der Waals surface area contributed by atoms with E-state index in [-0.39, 0.29) is 5.82 Å². The van der Waals surface area contributed by atoms with Gasteiger partial charge in [-0.3, -0.25) is 4.98 Å². The fourth-order valence-corrected chi connectivity index (χ4v) is 2.07. The van der Waals surface area contributed by atoms with Gasteiger partial charge in [0.25, 0.3) is 0 Å². The van der Waals surface area contributed by atoms with Crippen LogP contribution in [0.15, 0.2) is 24.3 Å². The molecule has 0 aliphatic rings. The molecule has 3 heteroatoms. The average Bonchev–Trinajstić information content (AvgIpc) is 2.30. The maximum atomic E-state index is 13.7. The molecule has 0 radical (unpaired) electrons. The second kappa shape index (κ2) is 5.44. The van der Waals surface area contributed by atoms with Crippen molar-refractivity contribution in [1.29, 1.82) is 0 Å². The Kier molecular flexibility index (Phi) is 3.92. The van der Waals surface area contributed by atoms with E-state index in [4.69, 9.17) is 0 Å². The van der Waals surface area contributed by atoms with Crippen LogP contribution in [0.5, 0.6) is 0 Å². The van der Waals surface area contributed by atoms with Crippen LogP contribution in [-0.2, 0) is 6.54 Å². The van der Waals surface area contributed by atoms with Crippen LogP contribution in [0.25, 0.3) is 10.9 Å². The normalized spacial score (nSPS) is 11.4. The van der Waals surface area contributed by atoms with Gasteiger partial charge in [0, 0.05) is 17.6 Å². The number of nitrogens with one attached hydrogen (secondary N) is 1. The summed E-state index contributed by atoms with van der Waals surface area (Å²) in [7, 11) is 0. The molecule has 0 amide bonds. The van der Waals surface area contributed by atoms with Crippen molar-refractivity contribution in [3.8, 4) is 0 Å². The van der Waals surface area contributed by atoms with Gasteiger partial charge in [0.05, 0.1) is 0 Å². The molecule has 0 bridgehead atoms. The molecule has 0 aliphatic carbocycles. The molecule has 0 saturated heterocycles. The van der Waals surface area contributed by atoms with Crippen molar-refractivity contribution in [1.82, 2.24) is 10.3 Å². The van der Waals surface area contributed by atoms with Crippen molar-refractivity contribution >= 4 is 10.9 Å². The van der Waals surface area contributed by atoms with E-state index in [1.165, 1.54) is 6.07 Å². The van der Waals surface area contributed by atoms with Crippen molar-refractivity contribution in [2.24, 2.45) is 5.92 Å². The quantitative estimate of drug-likeness (QED) is 0.894. The van der Waals surface area contributed by atoms with Gasteiger partial charge in [0.2, 0.25) is 0 Å². The number of rotatable bonds is 4. The lowest BCUT2D eigenvalue weighted by Crippen LogP contribution is -2.19. The zero-order chi connectivity index (χ0) is 13.1. The number of fused-ring (bicyclic) bond motifs is 1. The molecule has 1 aromatic heterocycles. The summed E-state index contributed by atoms with van der Waals surface area (Å²) in [6.07, 6.45) is 0. The van der Waals surface area contributed by atoms with E-state index in [0.717, 1.165) is 29.7 Å². The van der Waals surface area contributed by atoms with Crippen LogP contribution in [0.4, 0.5) is 4.39 Å². The molecular formula is C15H19FN2. The Hall–Kier alpha value is -1.48. The number of nitrogens with zero attached hydrogens (tertiary/aromatic N) is 1. The van der Waals surface area contributed by atoms with Crippen molar-refractivity contribution in [3.63, 3.8) is 0 Å². The van der Waals surface area contributed by atoms with Gasteiger partial charge in [-0.25, -0.2) is 4.39 Å². The molecule has 1 aromatic carbocycles. The Morgan fingerprint density at radius 1 is 1.33 bits per heavy atom. The molecule has 0 saturated carbocycles. The van der Waals surface area contributed by atoms with Gasteiger partial charge in [-0.05, 0) is 37.1 Å². The van der Waals surface area contributed by atoms with Crippen LogP contribution in [0.1, 0.15) is 25.1 Å². The van der Waals surface area contributed by atoms with Crippen molar-refractivity contribution in [3.05, 3.63) is 41.3 Å². The van der Waals surface area contributed by atoms with E-state index in [9.17, 15) is 4.39 Å². The van der Waals surface area contributed by atoms with Crippen molar-refractivity contribution in [2.75, 3.05) is 6.54 Å². The average molecular weight is 246 g/mol. The molecule has 1 N–H and O–H groups in total. The molecule has 2 rings (SSSR count). The lowest BCUT2D eigenvalue weighted by molar-refractivity contribution is 0.553. The smallest absolute Gasteiger partial charge is 0.149 e. The summed E-state index contributed by atoms with van der Waals surface area (Å²) in [4.78, 5) is 4.28. The second-order valence-electron chi connectivity index (χ2n) is 5.08. The summed E-state index contributed by atoms with van der Waals surface area (Å²) in [5.74, 6) is 0.359. The first kappa shape index (κ1) is 13.0. The summed E-state index contributed by atoms with van der Waals surface area (Å²) < 4.78 is 13.7. The zero-order valence-corrected chi connectivity index (χ0v) is 11.1. The largest absolute Gasteiger partial charge is 0.312 e. The molecule has 0 aliphatic heterocycles. The first-order chi connectivity index (χ1) is 8.58. The number of pyridine rings is 1. The number of aromatic nitrogens is 1. The summed E-state index contributed by atoms with van der Waals surface area (Å²) in [6, 6.07) is 7.15. The van der Waals surface area contributed by atoms with E-state index in [2.05, 4.69) is 24.1 Å². The fraction of sp³-hybridized carbons (Fsp3) is 0.400. The fourth-order valence-electron chi connectivity index (χ4n) is 2.07. The van der Waals surface area contributed by atoms with Crippen LogP contribution in [-0.4, -0.2) is 11.5 Å². The van der Waals surface area contributed by atoms with Gasteiger partial charge in [0.15, 0.2) is 0 Å². The third-order valence-corrected chi connectivity index (χ3v) is 2.87. The summed E-state index contributed by atoms with van der Waals surface area (Å²) in [5, 5.41) is 4.29. The molecule has 0 fully saturated rings. The number of aryl methyl sites for hydroxylation is 1. The minimum Gasteiger partial charge on any atom is -0.312 e. The third-order valence-electron chi connectivity index (χ3n) is 2.87. The van der Waals surface area contributed by atoms with Gasteiger partial charge in [-0.1, -0.05) is 26.0 Å². The number of benzene rings is 1. The first-order valence-corrected chi connectivity index (χ1v) is 6.33. The summed E-state index contributed by atoms with van der Waals surface area (Å²) in [5.41, 5.74) is 2.44. The minimum atomic E-state index is -0.249. The summed E-state index contributed by atoms with van der Waals surface area (Å²) in [6.45, 7) is 7.95. The Bertz CT molecular complexity index is 549. The monoisotopic (exact) mass is 246 g/mol. The molecule has 1 heterocycles. The first-order valence-electron chi connectivity index (χ1n) is 6.33. The standard InChI is InChI=1S/C15H19FN2/c1-10(2)8-17-9-12-7-11(3)18-15-13(12)5-4-6-14(15)16/h4-7,10,17H,8-9H2,1-3H3. The highest BCUT2D eigenvalue weighted by Crippen LogP contribution is 2.20. The number of hydrogen-bond acceptors (Lipinski definition) is 2. The van der Waals surface area contributed by atoms with Gasteiger partial charge in [0.1, 0.15) is 11.3 Å². The van der Waals surface area contributed by atoms with E-state index >= 15 is 0 Å². The predicted molar refractivity (Wildman–Crippen MR) is 73.0 cm³/mol. The molecular weight excluding hydrogens is 227 g/mol. The molecule has 0 spiro atoms. The minimum absolute atomic E-state index is 0.249. The highest BCUT2D eigenvalue weighted by Gasteiger charge is 2.07. The highest BCUT2D eigenvalue weighted by atomic mass is 19.1. The Morgan fingerprint density at radius 2 is 2.11 bits per heavy atom. The SMILES string of the molecule is Cc1cc(CNCC(C)C)c2cccc(F)c2n1. The number of halogens is 1. The van der Waals surface area contributed by atoms with Crippen LogP contribution < -0.4 is 5.32 Å². The maximum Gasteiger partial charge on any atom is 0.149 e. The molecule has 2 aromatic rings. The molecule has 2 nitrogen and oxygen atoms in total. The van der Waals surface area contributed by atoms with E-state index < -0.39 is 0 Å². The van der Waals surface area contributed by atoms with Crippen LogP contribution in [0, 0.1) is 18.7 Å². The Morgan fingerprint density at radius 3 is 2.83 bits per heavy atom. The van der Waals surface area contributed by atoms with Gasteiger partial charge < -0.3 is 5.32 Å². The maximum absolute atomic E-state index is 13.7. The topological polar surface area (TPSA) is 24.9 Å². The van der Waals surface area contributed by atoms with Gasteiger partial charge in [-0.2, -0.15) is 0 Å². The Labute approximate surface area is 107 Å². The van der Waals surface area contributed by atoms with Gasteiger partial charge >= 0.3 is 0 Å². The molecule has 0 unspecified atom stereocenters. The van der Waals surface area contributed by atoms with Crippen LogP contribution >= 0.6 is 0 Å². The zero-order valence-electron chi connectivity index (χ0n) is 11.1. The molecule has 18 heavy (non-hydrogen) atoms. The predicted octanol–water partition coefficient (Wildman–Crippen LogP) is 3.43. The van der Waals surface area contributed by atoms with E-state index in [0.29, 0.717) is 11.4 Å². The van der Waals surface area contributed by atoms with E-state index in [1.54, 1.807) is 6.07 Å². The van der Waals surface area contributed by atoms with Crippen LogP contribution in [0.3, 0.4) is 0 Å². The molecule has 0 atom stereocenters. The van der Waals surface area contributed by atoms with Crippen molar-refractivity contribution in [2.45, 2.75) is 27.3 Å². The molecule has 96 valence electrons. The Balaban J connectivity index is 2.34. The van der Waals surface area contributed by atoms with Crippen LogP contribution in [0.2, 0.25) is 0 Å². The summed E-state index contributed by atoms with van der Waals surface area (Å²) >= 11 is 0.